The number of rotatable bonds is 5. The number of tetrazole rings is 1. The molecule has 0 saturated heterocycles. The molecule has 1 aliphatic heterocycles. The van der Waals surface area contributed by atoms with Crippen LogP contribution in [-0.4, -0.2) is 38.7 Å². The highest BCUT2D eigenvalue weighted by molar-refractivity contribution is 6.03. The zero-order valence-electron chi connectivity index (χ0n) is 18.7. The Morgan fingerprint density at radius 2 is 1.50 bits per heavy atom. The topological polar surface area (TPSA) is 90.2 Å². The summed E-state index contributed by atoms with van der Waals surface area (Å²) in [6, 6.07) is 23.3. The molecule has 0 radical (unpaired) electrons. The minimum absolute atomic E-state index is 0.237. The lowest BCUT2D eigenvalue weighted by atomic mass is 10.0. The number of carbonyl (C=O) groups excluding carboxylic acids is 2. The van der Waals surface area contributed by atoms with Gasteiger partial charge in [-0.05, 0) is 48.2 Å². The van der Waals surface area contributed by atoms with Gasteiger partial charge in [0, 0.05) is 5.56 Å². The SMILES string of the molecule is Cc1ccc(-c2nnn(CC(=O)OCC(=O)N3c4ccccc4CCc4ccccc43)n2)cc1. The number of esters is 1. The molecule has 0 N–H and O–H groups in total. The zero-order chi connectivity index (χ0) is 23.5. The molecule has 1 aliphatic rings. The lowest BCUT2D eigenvalue weighted by Gasteiger charge is -2.24. The Kier molecular flexibility index (Phi) is 5.86. The van der Waals surface area contributed by atoms with E-state index >= 15 is 0 Å². The number of hydrogen-bond donors (Lipinski definition) is 0. The molecule has 4 aromatic rings. The standard InChI is InChI=1S/C26H23N5O3/c1-18-10-12-21(13-11-18)26-27-29-30(28-26)16-25(33)34-17-24(32)31-22-8-4-2-6-19(22)14-15-20-7-3-5-9-23(20)31/h2-13H,14-17H2,1H3. The second kappa shape index (κ2) is 9.27. The van der Waals surface area contributed by atoms with Crippen molar-refractivity contribution in [3.05, 3.63) is 89.5 Å². The van der Waals surface area contributed by atoms with Crippen molar-refractivity contribution in [2.75, 3.05) is 11.5 Å². The van der Waals surface area contributed by atoms with Crippen LogP contribution in [-0.2, 0) is 33.7 Å². The molecule has 8 heteroatoms. The summed E-state index contributed by atoms with van der Waals surface area (Å²) in [6.07, 6.45) is 1.66. The Morgan fingerprint density at radius 1 is 0.882 bits per heavy atom. The molecule has 0 saturated carbocycles. The molecule has 0 aliphatic carbocycles. The number of benzene rings is 3. The summed E-state index contributed by atoms with van der Waals surface area (Å²) in [7, 11) is 0. The lowest BCUT2D eigenvalue weighted by Crippen LogP contribution is -2.32. The van der Waals surface area contributed by atoms with Crippen molar-refractivity contribution < 1.29 is 14.3 Å². The Morgan fingerprint density at radius 3 is 2.15 bits per heavy atom. The van der Waals surface area contributed by atoms with E-state index < -0.39 is 5.97 Å². The smallest absolute Gasteiger partial charge is 0.330 e. The largest absolute Gasteiger partial charge is 0.454 e. The van der Waals surface area contributed by atoms with E-state index in [0.717, 1.165) is 46.5 Å². The van der Waals surface area contributed by atoms with E-state index in [1.165, 1.54) is 4.80 Å². The van der Waals surface area contributed by atoms with Crippen molar-refractivity contribution >= 4 is 23.3 Å². The van der Waals surface area contributed by atoms with E-state index in [-0.39, 0.29) is 19.1 Å². The van der Waals surface area contributed by atoms with Crippen LogP contribution in [0.25, 0.3) is 11.4 Å². The van der Waals surface area contributed by atoms with Crippen molar-refractivity contribution in [1.82, 2.24) is 20.2 Å². The van der Waals surface area contributed by atoms with E-state index in [1.54, 1.807) is 4.90 Å². The van der Waals surface area contributed by atoms with E-state index in [4.69, 9.17) is 4.74 Å². The first-order valence-corrected chi connectivity index (χ1v) is 11.1. The summed E-state index contributed by atoms with van der Waals surface area (Å²) >= 11 is 0. The van der Waals surface area contributed by atoms with Crippen molar-refractivity contribution in [1.29, 1.82) is 0 Å². The second-order valence-corrected chi connectivity index (χ2v) is 8.16. The summed E-state index contributed by atoms with van der Waals surface area (Å²) in [5.41, 5.74) is 5.71. The number of carbonyl (C=O) groups is 2. The van der Waals surface area contributed by atoms with Crippen molar-refractivity contribution in [3.63, 3.8) is 0 Å². The molecule has 8 nitrogen and oxygen atoms in total. The molecule has 0 spiro atoms. The highest BCUT2D eigenvalue weighted by Gasteiger charge is 2.26. The minimum Gasteiger partial charge on any atom is -0.454 e. The maximum absolute atomic E-state index is 13.2. The Balaban J connectivity index is 1.28. The number of fused-ring (bicyclic) bond motifs is 2. The van der Waals surface area contributed by atoms with Crippen LogP contribution < -0.4 is 4.90 Å². The highest BCUT2D eigenvalue weighted by atomic mass is 16.5. The predicted octanol–water partition coefficient (Wildman–Crippen LogP) is 3.66. The Hall–Kier alpha value is -4.33. The number of para-hydroxylation sites is 2. The number of aryl methyl sites for hydroxylation is 3. The van der Waals surface area contributed by atoms with Crippen LogP contribution in [0.4, 0.5) is 11.4 Å². The molecule has 0 fully saturated rings. The van der Waals surface area contributed by atoms with Gasteiger partial charge in [-0.1, -0.05) is 66.2 Å². The van der Waals surface area contributed by atoms with E-state index in [2.05, 4.69) is 15.4 Å². The first-order valence-electron chi connectivity index (χ1n) is 11.1. The quantitative estimate of drug-likeness (QED) is 0.429. The van der Waals surface area contributed by atoms with Crippen LogP contribution in [0.2, 0.25) is 0 Å². The molecule has 0 bridgehead atoms. The zero-order valence-corrected chi connectivity index (χ0v) is 18.7. The summed E-state index contributed by atoms with van der Waals surface area (Å²) in [5, 5.41) is 12.2. The third-order valence-electron chi connectivity index (χ3n) is 5.77. The number of aromatic nitrogens is 4. The van der Waals surface area contributed by atoms with Gasteiger partial charge in [0.1, 0.15) is 0 Å². The Labute approximate surface area is 196 Å². The number of amides is 1. The number of anilines is 2. The van der Waals surface area contributed by atoms with Gasteiger partial charge >= 0.3 is 5.97 Å². The van der Waals surface area contributed by atoms with Gasteiger partial charge in [0.25, 0.3) is 5.91 Å². The van der Waals surface area contributed by atoms with E-state index in [9.17, 15) is 9.59 Å². The second-order valence-electron chi connectivity index (χ2n) is 8.16. The van der Waals surface area contributed by atoms with Crippen molar-refractivity contribution in [2.45, 2.75) is 26.3 Å². The highest BCUT2D eigenvalue weighted by Crippen LogP contribution is 2.35. The first-order chi connectivity index (χ1) is 16.6. The molecule has 1 aromatic heterocycles. The molecule has 5 rings (SSSR count). The van der Waals surface area contributed by atoms with Crippen LogP contribution in [0.5, 0.6) is 0 Å². The first kappa shape index (κ1) is 21.5. The fourth-order valence-electron chi connectivity index (χ4n) is 4.04. The predicted molar refractivity (Wildman–Crippen MR) is 126 cm³/mol. The maximum Gasteiger partial charge on any atom is 0.330 e. The summed E-state index contributed by atoms with van der Waals surface area (Å²) in [4.78, 5) is 28.5. The van der Waals surface area contributed by atoms with Crippen LogP contribution in [0.3, 0.4) is 0 Å². The average molecular weight is 454 g/mol. The fraction of sp³-hybridized carbons (Fsp3) is 0.192. The van der Waals surface area contributed by atoms with Gasteiger partial charge in [-0.2, -0.15) is 4.80 Å². The fourth-order valence-corrected chi connectivity index (χ4v) is 4.04. The molecule has 34 heavy (non-hydrogen) atoms. The maximum atomic E-state index is 13.2. The Bertz CT molecular complexity index is 1300. The van der Waals surface area contributed by atoms with Crippen LogP contribution >= 0.6 is 0 Å². The van der Waals surface area contributed by atoms with Gasteiger partial charge in [-0.15, -0.1) is 10.2 Å². The van der Waals surface area contributed by atoms with Crippen LogP contribution in [0.1, 0.15) is 16.7 Å². The molecular weight excluding hydrogens is 430 g/mol. The molecule has 2 heterocycles. The van der Waals surface area contributed by atoms with Crippen LogP contribution in [0, 0.1) is 6.92 Å². The molecule has 0 unspecified atom stereocenters. The lowest BCUT2D eigenvalue weighted by molar-refractivity contribution is -0.148. The van der Waals surface area contributed by atoms with E-state index in [1.807, 2.05) is 79.7 Å². The number of ether oxygens (including phenoxy) is 1. The van der Waals surface area contributed by atoms with Gasteiger partial charge in [-0.3, -0.25) is 9.69 Å². The van der Waals surface area contributed by atoms with Gasteiger partial charge < -0.3 is 4.74 Å². The molecule has 3 aromatic carbocycles. The van der Waals surface area contributed by atoms with Gasteiger partial charge in [0.2, 0.25) is 5.82 Å². The van der Waals surface area contributed by atoms with Crippen molar-refractivity contribution in [2.24, 2.45) is 0 Å². The molecule has 0 atom stereocenters. The molecular formula is C26H23N5O3. The van der Waals surface area contributed by atoms with Gasteiger partial charge in [0.05, 0.1) is 11.4 Å². The van der Waals surface area contributed by atoms with E-state index in [0.29, 0.717) is 5.82 Å². The monoisotopic (exact) mass is 453 g/mol. The third-order valence-corrected chi connectivity index (χ3v) is 5.77. The van der Waals surface area contributed by atoms with Gasteiger partial charge in [-0.25, -0.2) is 4.79 Å². The van der Waals surface area contributed by atoms with Crippen LogP contribution in [0.15, 0.2) is 72.8 Å². The normalized spacial score (nSPS) is 12.4. The molecule has 1 amide bonds. The minimum atomic E-state index is -0.613. The average Bonchev–Trinajstić information content (AvgIpc) is 3.24. The molecule has 170 valence electrons. The third kappa shape index (κ3) is 4.43. The number of hydrogen-bond acceptors (Lipinski definition) is 6. The summed E-state index contributed by atoms with van der Waals surface area (Å²) in [5.74, 6) is -0.513. The summed E-state index contributed by atoms with van der Waals surface area (Å²) in [6.45, 7) is 1.37. The van der Waals surface area contributed by atoms with Gasteiger partial charge in [0.15, 0.2) is 13.2 Å². The van der Waals surface area contributed by atoms with Crippen molar-refractivity contribution in [3.8, 4) is 11.4 Å². The summed E-state index contributed by atoms with van der Waals surface area (Å²) < 4.78 is 5.30. The number of nitrogens with zero attached hydrogens (tertiary/aromatic N) is 5.